The lowest BCUT2D eigenvalue weighted by Gasteiger charge is -2.06. The number of carbonyl (C=O) groups excluding carboxylic acids is 1. The van der Waals surface area contributed by atoms with Crippen molar-refractivity contribution < 1.29 is 9.53 Å². The van der Waals surface area contributed by atoms with Gasteiger partial charge in [0.25, 0.3) is 0 Å². The van der Waals surface area contributed by atoms with Gasteiger partial charge in [0.1, 0.15) is 11.6 Å². The highest BCUT2D eigenvalue weighted by molar-refractivity contribution is 5.98. The van der Waals surface area contributed by atoms with Gasteiger partial charge in [-0.3, -0.25) is 0 Å². The Labute approximate surface area is 106 Å². The van der Waals surface area contributed by atoms with Crippen molar-refractivity contribution in [3.63, 3.8) is 0 Å². The average Bonchev–Trinajstić information content (AvgIpc) is 2.35. The van der Waals surface area contributed by atoms with Gasteiger partial charge in [-0.25, -0.2) is 4.79 Å². The van der Waals surface area contributed by atoms with Gasteiger partial charge in [0.05, 0.1) is 17.7 Å². The van der Waals surface area contributed by atoms with Crippen LogP contribution >= 0.6 is 0 Å². The van der Waals surface area contributed by atoms with Crippen molar-refractivity contribution in [1.29, 1.82) is 10.5 Å². The Hall–Kier alpha value is -2.59. The topological polar surface area (TPSA) is 73.9 Å². The summed E-state index contributed by atoms with van der Waals surface area (Å²) in [6.45, 7) is 3.41. The molecule has 0 saturated heterocycles. The Bertz CT molecular complexity index is 560. The second-order valence-electron chi connectivity index (χ2n) is 3.82. The van der Waals surface area contributed by atoms with Gasteiger partial charge in [-0.1, -0.05) is 18.2 Å². The van der Waals surface area contributed by atoms with E-state index < -0.39 is 5.97 Å². The molecule has 0 amide bonds. The molecule has 1 aromatic rings. The van der Waals surface area contributed by atoms with Crippen molar-refractivity contribution in [2.75, 3.05) is 0 Å². The fourth-order valence-corrected chi connectivity index (χ4v) is 1.29. The molecule has 0 heterocycles. The predicted molar refractivity (Wildman–Crippen MR) is 66.0 cm³/mol. The van der Waals surface area contributed by atoms with Crippen LogP contribution in [0.5, 0.6) is 0 Å². The molecule has 0 bridgehead atoms. The highest BCUT2D eigenvalue weighted by Crippen LogP contribution is 2.13. The van der Waals surface area contributed by atoms with Crippen LogP contribution in [0.4, 0.5) is 0 Å². The molecular weight excluding hydrogens is 228 g/mol. The molecule has 0 atom stereocenters. The number of benzene rings is 1. The van der Waals surface area contributed by atoms with Crippen molar-refractivity contribution in [2.24, 2.45) is 0 Å². The number of hydrogen-bond donors (Lipinski definition) is 0. The van der Waals surface area contributed by atoms with E-state index in [0.717, 1.165) is 0 Å². The van der Waals surface area contributed by atoms with Crippen LogP contribution in [0.1, 0.15) is 25.0 Å². The van der Waals surface area contributed by atoms with Gasteiger partial charge in [0.2, 0.25) is 0 Å². The Morgan fingerprint density at radius 3 is 2.56 bits per heavy atom. The Morgan fingerprint density at radius 1 is 1.33 bits per heavy atom. The number of nitriles is 2. The normalized spacial score (nSPS) is 10.6. The summed E-state index contributed by atoms with van der Waals surface area (Å²) < 4.78 is 4.94. The Morgan fingerprint density at radius 2 is 2.00 bits per heavy atom. The van der Waals surface area contributed by atoms with Crippen molar-refractivity contribution in [3.8, 4) is 12.1 Å². The monoisotopic (exact) mass is 240 g/mol. The third-order valence-electron chi connectivity index (χ3n) is 2.06. The summed E-state index contributed by atoms with van der Waals surface area (Å²) in [6, 6.07) is 10.5. The lowest BCUT2D eigenvalue weighted by atomic mass is 10.1. The highest BCUT2D eigenvalue weighted by atomic mass is 16.5. The van der Waals surface area contributed by atoms with Crippen LogP contribution in [0.2, 0.25) is 0 Å². The van der Waals surface area contributed by atoms with Gasteiger partial charge in [0.15, 0.2) is 0 Å². The quantitative estimate of drug-likeness (QED) is 0.462. The van der Waals surface area contributed by atoms with Gasteiger partial charge < -0.3 is 4.74 Å². The van der Waals surface area contributed by atoms with Gasteiger partial charge in [-0.2, -0.15) is 10.5 Å². The number of hydrogen-bond acceptors (Lipinski definition) is 4. The van der Waals surface area contributed by atoms with E-state index in [-0.39, 0.29) is 11.7 Å². The smallest absolute Gasteiger partial charge is 0.349 e. The maximum atomic E-state index is 11.6. The number of nitrogens with zero attached hydrogens (tertiary/aromatic N) is 2. The first-order valence-corrected chi connectivity index (χ1v) is 5.40. The van der Waals surface area contributed by atoms with Crippen LogP contribution in [0, 0.1) is 22.7 Å². The molecule has 0 saturated carbocycles. The van der Waals surface area contributed by atoms with E-state index >= 15 is 0 Å². The second-order valence-corrected chi connectivity index (χ2v) is 3.82. The molecular formula is C14H12N2O2. The largest absolute Gasteiger partial charge is 0.459 e. The third kappa shape index (κ3) is 3.47. The minimum atomic E-state index is -0.680. The van der Waals surface area contributed by atoms with Gasteiger partial charge in [-0.05, 0) is 31.6 Å². The molecule has 0 aliphatic heterocycles. The molecule has 1 rings (SSSR count). The molecule has 1 aromatic carbocycles. The van der Waals surface area contributed by atoms with Crippen LogP contribution in [0.15, 0.2) is 29.8 Å². The van der Waals surface area contributed by atoms with Gasteiger partial charge in [-0.15, -0.1) is 0 Å². The first-order chi connectivity index (χ1) is 8.58. The third-order valence-corrected chi connectivity index (χ3v) is 2.06. The summed E-state index contributed by atoms with van der Waals surface area (Å²) >= 11 is 0. The van der Waals surface area contributed by atoms with Crippen LogP contribution in [-0.2, 0) is 9.53 Å². The Balaban J connectivity index is 3.10. The fourth-order valence-electron chi connectivity index (χ4n) is 1.29. The van der Waals surface area contributed by atoms with E-state index in [2.05, 4.69) is 0 Å². The average molecular weight is 240 g/mol. The molecule has 90 valence electrons. The summed E-state index contributed by atoms with van der Waals surface area (Å²) in [5.74, 6) is -0.680. The standard InChI is InChI=1S/C14H12N2O2/c1-10(2)18-14(17)13(9-16)7-11-5-3-4-6-12(11)8-15/h3-7,10H,1-2H3. The van der Waals surface area contributed by atoms with E-state index in [4.69, 9.17) is 15.3 Å². The molecule has 0 N–H and O–H groups in total. The van der Waals surface area contributed by atoms with Crippen LogP contribution in [-0.4, -0.2) is 12.1 Å². The van der Waals surface area contributed by atoms with E-state index in [9.17, 15) is 4.79 Å². The molecule has 0 fully saturated rings. The highest BCUT2D eigenvalue weighted by Gasteiger charge is 2.13. The molecule has 4 nitrogen and oxygen atoms in total. The maximum absolute atomic E-state index is 11.6. The minimum absolute atomic E-state index is 0.119. The number of esters is 1. The molecule has 0 aromatic heterocycles. The first kappa shape index (κ1) is 13.5. The molecule has 0 aliphatic carbocycles. The van der Waals surface area contributed by atoms with Gasteiger partial charge in [0, 0.05) is 0 Å². The summed E-state index contributed by atoms with van der Waals surface area (Å²) in [6.07, 6.45) is 1.07. The van der Waals surface area contributed by atoms with Crippen molar-refractivity contribution in [2.45, 2.75) is 20.0 Å². The summed E-state index contributed by atoms with van der Waals surface area (Å²) in [5.41, 5.74) is 0.811. The zero-order chi connectivity index (χ0) is 13.5. The SMILES string of the molecule is CC(C)OC(=O)C(C#N)=Cc1ccccc1C#N. The lowest BCUT2D eigenvalue weighted by Crippen LogP contribution is -2.12. The van der Waals surface area contributed by atoms with E-state index in [0.29, 0.717) is 11.1 Å². The Kier molecular flexibility index (Phi) is 4.66. The van der Waals surface area contributed by atoms with E-state index in [1.807, 2.05) is 6.07 Å². The minimum Gasteiger partial charge on any atom is -0.459 e. The van der Waals surface area contributed by atoms with Crippen LogP contribution in [0.3, 0.4) is 0 Å². The molecule has 4 heteroatoms. The molecule has 0 spiro atoms. The summed E-state index contributed by atoms with van der Waals surface area (Å²) in [5, 5.41) is 17.8. The van der Waals surface area contributed by atoms with E-state index in [1.54, 1.807) is 44.2 Å². The molecule has 0 unspecified atom stereocenters. The second kappa shape index (κ2) is 6.22. The molecule has 18 heavy (non-hydrogen) atoms. The zero-order valence-electron chi connectivity index (χ0n) is 10.2. The fraction of sp³-hybridized carbons (Fsp3) is 0.214. The van der Waals surface area contributed by atoms with E-state index in [1.165, 1.54) is 6.08 Å². The maximum Gasteiger partial charge on any atom is 0.349 e. The lowest BCUT2D eigenvalue weighted by molar-refractivity contribution is -0.142. The number of rotatable bonds is 3. The zero-order valence-corrected chi connectivity index (χ0v) is 10.2. The first-order valence-electron chi connectivity index (χ1n) is 5.40. The van der Waals surface area contributed by atoms with Crippen molar-refractivity contribution in [3.05, 3.63) is 41.0 Å². The molecule has 0 aliphatic rings. The summed E-state index contributed by atoms with van der Waals surface area (Å²) in [7, 11) is 0. The van der Waals surface area contributed by atoms with Crippen LogP contribution in [0.25, 0.3) is 6.08 Å². The van der Waals surface area contributed by atoms with Gasteiger partial charge >= 0.3 is 5.97 Å². The van der Waals surface area contributed by atoms with Crippen LogP contribution < -0.4 is 0 Å². The predicted octanol–water partition coefficient (Wildman–Crippen LogP) is 2.42. The van der Waals surface area contributed by atoms with Crippen molar-refractivity contribution in [1.82, 2.24) is 0 Å². The number of carbonyl (C=O) groups is 1. The van der Waals surface area contributed by atoms with Crippen molar-refractivity contribution >= 4 is 12.0 Å². The number of ether oxygens (including phenoxy) is 1. The summed E-state index contributed by atoms with van der Waals surface area (Å²) in [4.78, 5) is 11.6. The molecule has 0 radical (unpaired) electrons.